The molecule has 0 aliphatic carbocycles. The van der Waals surface area contributed by atoms with Gasteiger partial charge < -0.3 is 15.3 Å². The maximum absolute atomic E-state index is 14.9. The molecule has 1 heterocycles. The van der Waals surface area contributed by atoms with E-state index >= 15 is 0 Å². The number of aryl methyl sites for hydroxylation is 1. The van der Waals surface area contributed by atoms with Gasteiger partial charge in [0.1, 0.15) is 6.04 Å². The van der Waals surface area contributed by atoms with Gasteiger partial charge in [0, 0.05) is 19.5 Å². The second-order valence-corrected chi connectivity index (χ2v) is 11.2. The second kappa shape index (κ2) is 13.5. The van der Waals surface area contributed by atoms with Crippen LogP contribution in [0.25, 0.3) is 5.70 Å². The Morgan fingerprint density at radius 3 is 1.91 bits per heavy atom. The zero-order valence-corrected chi connectivity index (χ0v) is 24.8. The number of hydrogen-bond donors (Lipinski definition) is 2. The summed E-state index contributed by atoms with van der Waals surface area (Å²) < 4.78 is 44.6. The number of carbonyl (C=O) groups excluding carboxylic acids is 3. The fourth-order valence-electron chi connectivity index (χ4n) is 5.53. The van der Waals surface area contributed by atoms with Gasteiger partial charge in [0.15, 0.2) is 0 Å². The molecule has 2 N–H and O–H groups in total. The maximum atomic E-state index is 14.9. The topological polar surface area (TPSA) is 89.9 Å². The maximum Gasteiger partial charge on any atom is 0.438 e. The van der Waals surface area contributed by atoms with E-state index in [-0.39, 0.29) is 18.0 Å². The molecule has 44 heavy (non-hydrogen) atoms. The van der Waals surface area contributed by atoms with E-state index in [9.17, 15) is 32.7 Å². The average molecular weight is 608 g/mol. The summed E-state index contributed by atoms with van der Waals surface area (Å²) in [6.07, 6.45) is -3.97. The second-order valence-electron chi connectivity index (χ2n) is 11.2. The third kappa shape index (κ3) is 7.02. The van der Waals surface area contributed by atoms with E-state index in [0.717, 1.165) is 17.4 Å². The SMILES string of the molecule is CC(=O)NC(O)(C(Cc1ccccc1)N1C(=O)C(C(C)C)N(C(=O)CCc2ccccc2)C=C1c1ccccc1)C(F)(F)F. The summed E-state index contributed by atoms with van der Waals surface area (Å²) in [5.74, 6) is -2.81. The van der Waals surface area contributed by atoms with Crippen molar-refractivity contribution < 1.29 is 32.7 Å². The number of hydrogen-bond acceptors (Lipinski definition) is 4. The highest BCUT2D eigenvalue weighted by atomic mass is 19.4. The smallest absolute Gasteiger partial charge is 0.362 e. The number of halogens is 3. The molecule has 0 saturated heterocycles. The van der Waals surface area contributed by atoms with Crippen LogP contribution in [0.15, 0.2) is 97.2 Å². The lowest BCUT2D eigenvalue weighted by molar-refractivity contribution is -0.287. The van der Waals surface area contributed by atoms with Crippen LogP contribution in [-0.2, 0) is 27.2 Å². The molecular weight excluding hydrogens is 571 g/mol. The van der Waals surface area contributed by atoms with E-state index in [2.05, 4.69) is 0 Å². The number of nitrogens with one attached hydrogen (secondary N) is 1. The Hall–Kier alpha value is -4.44. The molecule has 1 aliphatic rings. The van der Waals surface area contributed by atoms with Crippen molar-refractivity contribution >= 4 is 23.4 Å². The summed E-state index contributed by atoms with van der Waals surface area (Å²) in [5.41, 5.74) is -2.16. The van der Waals surface area contributed by atoms with E-state index in [1.165, 1.54) is 11.1 Å². The van der Waals surface area contributed by atoms with Crippen molar-refractivity contribution in [3.8, 4) is 0 Å². The lowest BCUT2D eigenvalue weighted by Gasteiger charge is -2.49. The van der Waals surface area contributed by atoms with Crippen molar-refractivity contribution in [3.05, 3.63) is 114 Å². The molecule has 0 fully saturated rings. The minimum atomic E-state index is -5.38. The lowest BCUT2D eigenvalue weighted by Crippen LogP contribution is -2.72. The van der Waals surface area contributed by atoms with Crippen LogP contribution in [0.5, 0.6) is 0 Å². The monoisotopic (exact) mass is 607 g/mol. The van der Waals surface area contributed by atoms with Crippen LogP contribution in [0.4, 0.5) is 13.2 Å². The summed E-state index contributed by atoms with van der Waals surface area (Å²) >= 11 is 0. The quantitative estimate of drug-likeness (QED) is 0.306. The third-order valence-corrected chi connectivity index (χ3v) is 7.63. The molecule has 0 aromatic heterocycles. The molecule has 7 nitrogen and oxygen atoms in total. The summed E-state index contributed by atoms with van der Waals surface area (Å²) in [5, 5.41) is 13.1. The highest BCUT2D eigenvalue weighted by Crippen LogP contribution is 2.41. The Bertz CT molecular complexity index is 1480. The number of benzene rings is 3. The number of rotatable bonds is 10. The zero-order valence-electron chi connectivity index (χ0n) is 24.8. The van der Waals surface area contributed by atoms with Gasteiger partial charge in [-0.3, -0.25) is 19.3 Å². The molecule has 0 radical (unpaired) electrons. The molecule has 3 aromatic rings. The van der Waals surface area contributed by atoms with Gasteiger partial charge in [0.05, 0.1) is 11.7 Å². The van der Waals surface area contributed by atoms with Crippen LogP contribution in [0.1, 0.15) is 43.9 Å². The van der Waals surface area contributed by atoms with Crippen molar-refractivity contribution in [3.63, 3.8) is 0 Å². The van der Waals surface area contributed by atoms with Gasteiger partial charge in [0.25, 0.3) is 11.6 Å². The minimum absolute atomic E-state index is 0.00507. The van der Waals surface area contributed by atoms with Gasteiger partial charge in [-0.2, -0.15) is 13.2 Å². The van der Waals surface area contributed by atoms with E-state index < -0.39 is 48.1 Å². The Labute approximate surface area is 255 Å². The van der Waals surface area contributed by atoms with E-state index in [1.54, 1.807) is 79.8 Å². The number of aliphatic hydroxyl groups is 1. The summed E-state index contributed by atoms with van der Waals surface area (Å²) in [6.45, 7) is 4.28. The lowest BCUT2D eigenvalue weighted by atomic mass is 9.88. The standard InChI is InChI=1S/C34H36F3N3O4/c1-23(2)31-32(43)40(29(21-26-15-9-5-10-16-26)33(44,34(35,36)37)38-24(3)41)28(27-17-11-6-12-18-27)22-39(31)30(42)20-19-25-13-7-4-8-14-25/h4-18,22-23,29,31,44H,19-21H2,1-3H3,(H,38,41). The van der Waals surface area contributed by atoms with Crippen molar-refractivity contribution in [2.24, 2.45) is 5.92 Å². The van der Waals surface area contributed by atoms with Crippen LogP contribution in [0, 0.1) is 5.92 Å². The Morgan fingerprint density at radius 2 is 1.41 bits per heavy atom. The van der Waals surface area contributed by atoms with Gasteiger partial charge in [-0.05, 0) is 35.4 Å². The number of nitrogens with zero attached hydrogens (tertiary/aromatic N) is 2. The zero-order chi connectivity index (χ0) is 32.1. The first kappa shape index (κ1) is 32.5. The molecule has 0 saturated carbocycles. The van der Waals surface area contributed by atoms with Crippen molar-refractivity contribution in [1.82, 2.24) is 15.1 Å². The van der Waals surface area contributed by atoms with Crippen molar-refractivity contribution in [2.45, 2.75) is 64.0 Å². The molecule has 1 aliphatic heterocycles. The van der Waals surface area contributed by atoms with Gasteiger partial charge in [-0.15, -0.1) is 0 Å². The number of amides is 3. The molecule has 0 bridgehead atoms. The first-order chi connectivity index (χ1) is 20.8. The summed E-state index contributed by atoms with van der Waals surface area (Å²) in [7, 11) is 0. The normalized spacial score (nSPS) is 17.6. The fourth-order valence-corrected chi connectivity index (χ4v) is 5.53. The van der Waals surface area contributed by atoms with Gasteiger partial charge in [0.2, 0.25) is 11.8 Å². The molecule has 3 unspecified atom stereocenters. The highest BCUT2D eigenvalue weighted by Gasteiger charge is 2.63. The van der Waals surface area contributed by atoms with E-state index in [1.807, 2.05) is 30.3 Å². The Morgan fingerprint density at radius 1 is 0.886 bits per heavy atom. The Balaban J connectivity index is 1.91. The largest absolute Gasteiger partial charge is 0.438 e. The number of carbonyl (C=O) groups is 3. The fraction of sp³-hybridized carbons (Fsp3) is 0.324. The van der Waals surface area contributed by atoms with Crippen LogP contribution in [-0.4, -0.2) is 56.6 Å². The molecule has 0 spiro atoms. The predicted molar refractivity (Wildman–Crippen MR) is 160 cm³/mol. The van der Waals surface area contributed by atoms with Crippen molar-refractivity contribution in [1.29, 1.82) is 0 Å². The molecule has 10 heteroatoms. The van der Waals surface area contributed by atoms with Crippen LogP contribution >= 0.6 is 0 Å². The third-order valence-electron chi connectivity index (χ3n) is 7.63. The van der Waals surface area contributed by atoms with Gasteiger partial charge in [-0.25, -0.2) is 0 Å². The summed E-state index contributed by atoms with van der Waals surface area (Å²) in [4.78, 5) is 42.6. The molecule has 3 aromatic carbocycles. The Kier molecular flexibility index (Phi) is 9.94. The van der Waals surface area contributed by atoms with Crippen LogP contribution in [0.3, 0.4) is 0 Å². The van der Waals surface area contributed by atoms with Gasteiger partial charge in [-0.1, -0.05) is 105 Å². The molecule has 232 valence electrons. The van der Waals surface area contributed by atoms with Gasteiger partial charge >= 0.3 is 6.18 Å². The predicted octanol–water partition coefficient (Wildman–Crippen LogP) is 5.31. The van der Waals surface area contributed by atoms with Crippen LogP contribution < -0.4 is 5.32 Å². The first-order valence-electron chi connectivity index (χ1n) is 14.4. The highest BCUT2D eigenvalue weighted by molar-refractivity contribution is 5.98. The molecule has 3 atom stereocenters. The number of alkyl halides is 3. The molecular formula is C34H36F3N3O4. The first-order valence-corrected chi connectivity index (χ1v) is 14.4. The molecule has 4 rings (SSSR count). The summed E-state index contributed by atoms with van der Waals surface area (Å²) in [6, 6.07) is 22.5. The molecule has 3 amide bonds. The average Bonchev–Trinajstić information content (AvgIpc) is 2.98. The van der Waals surface area contributed by atoms with E-state index in [4.69, 9.17) is 0 Å². The van der Waals surface area contributed by atoms with Crippen LogP contribution in [0.2, 0.25) is 0 Å². The van der Waals surface area contributed by atoms with Crippen molar-refractivity contribution in [2.75, 3.05) is 0 Å². The minimum Gasteiger partial charge on any atom is -0.362 e. The van der Waals surface area contributed by atoms with E-state index in [0.29, 0.717) is 17.5 Å².